The first-order chi connectivity index (χ1) is 15.0. The van der Waals surface area contributed by atoms with Crippen molar-refractivity contribution in [3.63, 3.8) is 0 Å². The number of amides is 1. The number of carbonyl (C=O) groups excluding carboxylic acids is 1. The molecule has 7 nitrogen and oxygen atoms in total. The molecule has 31 heavy (non-hydrogen) atoms. The number of fused-ring (bicyclic) bond motifs is 1. The van der Waals surface area contributed by atoms with Gasteiger partial charge < -0.3 is 4.90 Å². The number of nitrogens with zero attached hydrogens (tertiary/aromatic N) is 3. The van der Waals surface area contributed by atoms with E-state index in [0.29, 0.717) is 13.1 Å². The lowest BCUT2D eigenvalue weighted by Gasteiger charge is -2.34. The van der Waals surface area contributed by atoms with E-state index < -0.39 is 10.0 Å². The Hall–Kier alpha value is -2.59. The smallest absolute Gasteiger partial charge is 0.237 e. The molecule has 2 heterocycles. The van der Waals surface area contributed by atoms with Gasteiger partial charge in [-0.2, -0.15) is 0 Å². The molecule has 4 rings (SSSR count). The number of thiazole rings is 1. The van der Waals surface area contributed by atoms with Crippen LogP contribution in [0.15, 0.2) is 60.0 Å². The van der Waals surface area contributed by atoms with Crippen molar-refractivity contribution < 1.29 is 13.2 Å². The maximum Gasteiger partial charge on any atom is 0.237 e. The van der Waals surface area contributed by atoms with Gasteiger partial charge in [-0.1, -0.05) is 42.5 Å². The first-order valence-corrected chi connectivity index (χ1v) is 12.4. The van der Waals surface area contributed by atoms with Gasteiger partial charge in [-0.3, -0.25) is 9.69 Å². The largest absolute Gasteiger partial charge is 0.339 e. The van der Waals surface area contributed by atoms with Crippen LogP contribution in [0.1, 0.15) is 10.6 Å². The summed E-state index contributed by atoms with van der Waals surface area (Å²) in [4.78, 5) is 21.1. The highest BCUT2D eigenvalue weighted by atomic mass is 32.2. The van der Waals surface area contributed by atoms with Gasteiger partial charge in [-0.05, 0) is 23.8 Å². The third-order valence-electron chi connectivity index (χ3n) is 5.09. The highest BCUT2D eigenvalue weighted by Crippen LogP contribution is 2.23. The number of hydrogen-bond donors (Lipinski definition) is 1. The summed E-state index contributed by atoms with van der Waals surface area (Å²) >= 11 is 1.70. The summed E-state index contributed by atoms with van der Waals surface area (Å²) in [5, 5.41) is 2.16. The van der Waals surface area contributed by atoms with E-state index >= 15 is 0 Å². The minimum atomic E-state index is -3.67. The summed E-state index contributed by atoms with van der Waals surface area (Å²) in [5.41, 5.74) is 1.80. The average Bonchev–Trinajstić information content (AvgIpc) is 3.20. The van der Waals surface area contributed by atoms with E-state index in [1.165, 1.54) is 10.8 Å². The minimum Gasteiger partial charge on any atom is -0.339 e. The van der Waals surface area contributed by atoms with Gasteiger partial charge in [0.25, 0.3) is 0 Å². The van der Waals surface area contributed by atoms with E-state index in [-0.39, 0.29) is 12.5 Å². The zero-order valence-corrected chi connectivity index (χ0v) is 18.6. The highest BCUT2D eigenvalue weighted by Gasteiger charge is 2.22. The third-order valence-corrected chi connectivity index (χ3v) is 7.15. The summed E-state index contributed by atoms with van der Waals surface area (Å²) < 4.78 is 27.8. The van der Waals surface area contributed by atoms with Crippen molar-refractivity contribution in [2.24, 2.45) is 0 Å². The van der Waals surface area contributed by atoms with Gasteiger partial charge in [-0.25, -0.2) is 18.1 Å². The summed E-state index contributed by atoms with van der Waals surface area (Å²) in [7, 11) is -3.67. The molecule has 1 aliphatic rings. The van der Waals surface area contributed by atoms with Crippen molar-refractivity contribution in [1.29, 1.82) is 0 Å². The number of aromatic nitrogens is 1. The number of carbonyl (C=O) groups is 1. The molecule has 0 unspecified atom stereocenters. The van der Waals surface area contributed by atoms with Crippen molar-refractivity contribution in [2.45, 2.75) is 6.54 Å². The van der Waals surface area contributed by atoms with Crippen molar-refractivity contribution in [3.05, 3.63) is 70.6 Å². The fraction of sp³-hybridized carbons (Fsp3) is 0.273. The molecule has 1 aliphatic heterocycles. The number of piperazine rings is 1. The Morgan fingerprint density at radius 1 is 1.03 bits per heavy atom. The molecule has 9 heteroatoms. The fourth-order valence-electron chi connectivity index (χ4n) is 3.39. The molecule has 162 valence electrons. The van der Waals surface area contributed by atoms with E-state index in [2.05, 4.69) is 20.7 Å². The molecule has 3 aromatic rings. The zero-order valence-electron chi connectivity index (χ0n) is 17.0. The minimum absolute atomic E-state index is 0.212. The van der Waals surface area contributed by atoms with Crippen LogP contribution >= 0.6 is 11.3 Å². The summed E-state index contributed by atoms with van der Waals surface area (Å²) in [5.74, 6) is -0.212. The maximum absolute atomic E-state index is 12.4. The van der Waals surface area contributed by atoms with E-state index in [1.54, 1.807) is 16.2 Å². The lowest BCUT2D eigenvalue weighted by molar-refractivity contribution is -0.131. The molecule has 2 aromatic carbocycles. The van der Waals surface area contributed by atoms with Crippen molar-refractivity contribution in [2.75, 3.05) is 32.7 Å². The van der Waals surface area contributed by atoms with Crippen molar-refractivity contribution in [1.82, 2.24) is 19.5 Å². The van der Waals surface area contributed by atoms with E-state index in [1.807, 2.05) is 48.5 Å². The molecule has 0 atom stereocenters. The molecular formula is C22H24N4O3S2. The molecular weight excluding hydrogens is 432 g/mol. The lowest BCUT2D eigenvalue weighted by Crippen LogP contribution is -2.50. The van der Waals surface area contributed by atoms with E-state index in [0.717, 1.165) is 41.1 Å². The maximum atomic E-state index is 12.4. The monoisotopic (exact) mass is 456 g/mol. The van der Waals surface area contributed by atoms with Gasteiger partial charge >= 0.3 is 0 Å². The quantitative estimate of drug-likeness (QED) is 0.591. The molecule has 0 radical (unpaired) electrons. The van der Waals surface area contributed by atoms with Crippen LogP contribution in [0, 0.1) is 0 Å². The normalized spacial score (nSPS) is 15.7. The number of sulfonamides is 1. The average molecular weight is 457 g/mol. The van der Waals surface area contributed by atoms with Crippen LogP contribution in [0.25, 0.3) is 16.3 Å². The van der Waals surface area contributed by atoms with Crippen LogP contribution in [0.2, 0.25) is 0 Å². The first kappa shape index (κ1) is 21.6. The predicted molar refractivity (Wildman–Crippen MR) is 124 cm³/mol. The molecule has 1 saturated heterocycles. The van der Waals surface area contributed by atoms with E-state index in [4.69, 9.17) is 0 Å². The van der Waals surface area contributed by atoms with Gasteiger partial charge in [0.1, 0.15) is 5.01 Å². The molecule has 0 bridgehead atoms. The molecule has 1 amide bonds. The SMILES string of the molecule is O=C(CNS(=O)(=O)/C=C/c1ccccc1)N1CCN(Cc2nc3ccccc3s2)CC1. The van der Waals surface area contributed by atoms with Gasteiger partial charge in [0.2, 0.25) is 15.9 Å². The number of benzene rings is 2. The number of nitrogens with one attached hydrogen (secondary N) is 1. The standard InChI is InChI=1S/C22H24N4O3S2/c27-22(16-23-31(28,29)15-10-18-6-2-1-3-7-18)26-13-11-25(12-14-26)17-21-24-19-8-4-5-9-20(19)30-21/h1-10,15,23H,11-14,16-17H2/b15-10+. The number of para-hydroxylation sites is 1. The zero-order chi connectivity index (χ0) is 21.7. The Labute approximate surface area is 186 Å². The van der Waals surface area contributed by atoms with Crippen LogP contribution < -0.4 is 4.72 Å². The van der Waals surface area contributed by atoms with Gasteiger partial charge in [-0.15, -0.1) is 11.3 Å². The van der Waals surface area contributed by atoms with E-state index in [9.17, 15) is 13.2 Å². The molecule has 1 fully saturated rings. The predicted octanol–water partition coefficient (Wildman–Crippen LogP) is 2.53. The lowest BCUT2D eigenvalue weighted by atomic mass is 10.2. The van der Waals surface area contributed by atoms with Crippen LogP contribution in [0.5, 0.6) is 0 Å². The third kappa shape index (κ3) is 5.98. The molecule has 0 aliphatic carbocycles. The van der Waals surface area contributed by atoms with Gasteiger partial charge in [0.15, 0.2) is 0 Å². The fourth-order valence-corrected chi connectivity index (χ4v) is 5.16. The Kier molecular flexibility index (Phi) is 6.77. The van der Waals surface area contributed by atoms with Gasteiger partial charge in [0, 0.05) is 31.6 Å². The second-order valence-corrected chi connectivity index (χ2v) is 10.1. The Bertz CT molecular complexity index is 1130. The Morgan fingerprint density at radius 3 is 2.48 bits per heavy atom. The van der Waals surface area contributed by atoms with Crippen LogP contribution in [0.4, 0.5) is 0 Å². The first-order valence-electron chi connectivity index (χ1n) is 10.1. The molecule has 1 N–H and O–H groups in total. The second-order valence-electron chi connectivity index (χ2n) is 7.31. The molecule has 0 spiro atoms. The summed E-state index contributed by atoms with van der Waals surface area (Å²) in [6.45, 7) is 3.15. The summed E-state index contributed by atoms with van der Waals surface area (Å²) in [6.07, 6.45) is 1.51. The highest BCUT2D eigenvalue weighted by molar-refractivity contribution is 7.92. The number of rotatable bonds is 7. The van der Waals surface area contributed by atoms with Crippen LogP contribution in [0.3, 0.4) is 0 Å². The van der Waals surface area contributed by atoms with Crippen LogP contribution in [-0.2, 0) is 21.4 Å². The van der Waals surface area contributed by atoms with Crippen LogP contribution in [-0.4, -0.2) is 61.8 Å². The Balaban J connectivity index is 1.24. The molecule has 0 saturated carbocycles. The topological polar surface area (TPSA) is 82.6 Å². The van der Waals surface area contributed by atoms with Crippen molar-refractivity contribution in [3.8, 4) is 0 Å². The number of hydrogen-bond acceptors (Lipinski definition) is 6. The summed E-state index contributed by atoms with van der Waals surface area (Å²) in [6, 6.07) is 17.2. The van der Waals surface area contributed by atoms with Gasteiger partial charge in [0.05, 0.1) is 23.3 Å². The molecule has 1 aromatic heterocycles. The second kappa shape index (κ2) is 9.69. The Morgan fingerprint density at radius 2 is 1.74 bits per heavy atom. The van der Waals surface area contributed by atoms with Crippen molar-refractivity contribution >= 4 is 43.6 Å².